The Morgan fingerprint density at radius 3 is 2.67 bits per heavy atom. The normalized spacial score (nSPS) is 13.6. The van der Waals surface area contributed by atoms with Crippen molar-refractivity contribution in [3.05, 3.63) is 62.5 Å². The molecule has 2 N–H and O–H groups in total. The highest BCUT2D eigenvalue weighted by atomic mass is 32.1. The fourth-order valence-corrected chi connectivity index (χ4v) is 3.82. The predicted molar refractivity (Wildman–Crippen MR) is 104 cm³/mol. The Labute approximate surface area is 159 Å². The summed E-state index contributed by atoms with van der Waals surface area (Å²) < 4.78 is 1.42. The van der Waals surface area contributed by atoms with Gasteiger partial charge in [-0.15, -0.1) is 0 Å². The highest BCUT2D eigenvalue weighted by Crippen LogP contribution is 2.24. The molecule has 8 heteroatoms. The lowest BCUT2D eigenvalue weighted by Crippen LogP contribution is -2.25. The van der Waals surface area contributed by atoms with Gasteiger partial charge in [0.05, 0.1) is 0 Å². The number of carbonyl (C=O) groups excluding carboxylic acids is 2. The number of benzene rings is 1. The molecule has 2 heterocycles. The van der Waals surface area contributed by atoms with E-state index in [1.165, 1.54) is 16.7 Å². The smallest absolute Gasteiger partial charge is 0.267 e. The van der Waals surface area contributed by atoms with Crippen molar-refractivity contribution in [1.29, 1.82) is 0 Å². The lowest BCUT2D eigenvalue weighted by Gasteiger charge is -2.10. The lowest BCUT2D eigenvalue weighted by molar-refractivity contribution is 0.0949. The van der Waals surface area contributed by atoms with Gasteiger partial charge in [0.2, 0.25) is 0 Å². The van der Waals surface area contributed by atoms with E-state index in [4.69, 9.17) is 0 Å². The quantitative estimate of drug-likeness (QED) is 0.725. The Bertz CT molecular complexity index is 1130. The van der Waals surface area contributed by atoms with Crippen LogP contribution >= 0.6 is 11.3 Å². The SMILES string of the molecule is Cc1ccc(C(=O)NC2CC2)cc1NC(=O)c1sc2nccc(=O)n2c1C. The maximum absolute atomic E-state index is 12.8. The van der Waals surface area contributed by atoms with Gasteiger partial charge < -0.3 is 10.6 Å². The van der Waals surface area contributed by atoms with E-state index in [0.29, 0.717) is 26.8 Å². The number of aryl methyl sites for hydroxylation is 2. The molecule has 0 unspecified atom stereocenters. The monoisotopic (exact) mass is 382 g/mol. The summed E-state index contributed by atoms with van der Waals surface area (Å²) in [6.07, 6.45) is 3.46. The van der Waals surface area contributed by atoms with Crippen LogP contribution in [0, 0.1) is 13.8 Å². The molecule has 1 saturated carbocycles. The van der Waals surface area contributed by atoms with Crippen molar-refractivity contribution in [3.63, 3.8) is 0 Å². The molecule has 138 valence electrons. The first-order valence-corrected chi connectivity index (χ1v) is 9.45. The van der Waals surface area contributed by atoms with Crippen molar-refractivity contribution in [1.82, 2.24) is 14.7 Å². The second-order valence-electron chi connectivity index (χ2n) is 6.65. The third kappa shape index (κ3) is 3.35. The summed E-state index contributed by atoms with van der Waals surface area (Å²) in [6.45, 7) is 3.58. The molecule has 27 heavy (non-hydrogen) atoms. The van der Waals surface area contributed by atoms with Gasteiger partial charge in [-0.1, -0.05) is 17.4 Å². The summed E-state index contributed by atoms with van der Waals surface area (Å²) in [6, 6.07) is 6.86. The summed E-state index contributed by atoms with van der Waals surface area (Å²) in [4.78, 5) is 42.1. The summed E-state index contributed by atoms with van der Waals surface area (Å²) in [5.74, 6) is -0.466. The number of hydrogen-bond donors (Lipinski definition) is 2. The van der Waals surface area contributed by atoms with E-state index in [0.717, 1.165) is 29.7 Å². The number of aromatic nitrogens is 2. The molecule has 4 rings (SSSR count). The van der Waals surface area contributed by atoms with Gasteiger partial charge in [0.1, 0.15) is 4.88 Å². The number of hydrogen-bond acceptors (Lipinski definition) is 5. The largest absolute Gasteiger partial charge is 0.349 e. The van der Waals surface area contributed by atoms with Crippen LogP contribution < -0.4 is 16.2 Å². The lowest BCUT2D eigenvalue weighted by atomic mass is 10.1. The average molecular weight is 382 g/mol. The van der Waals surface area contributed by atoms with Crippen molar-refractivity contribution in [2.45, 2.75) is 32.7 Å². The molecule has 2 amide bonds. The number of thiazole rings is 1. The molecule has 0 saturated heterocycles. The Kier molecular flexibility index (Phi) is 4.27. The second kappa shape index (κ2) is 6.62. The topological polar surface area (TPSA) is 92.6 Å². The van der Waals surface area contributed by atoms with Gasteiger partial charge in [-0.3, -0.25) is 18.8 Å². The van der Waals surface area contributed by atoms with Gasteiger partial charge in [-0.25, -0.2) is 4.98 Å². The Morgan fingerprint density at radius 1 is 1.19 bits per heavy atom. The molecule has 0 bridgehead atoms. The van der Waals surface area contributed by atoms with Crippen LogP contribution in [0.3, 0.4) is 0 Å². The number of rotatable bonds is 4. The highest BCUT2D eigenvalue weighted by molar-refractivity contribution is 7.19. The first-order chi connectivity index (χ1) is 12.9. The number of fused-ring (bicyclic) bond motifs is 1. The van der Waals surface area contributed by atoms with Crippen LogP contribution in [0.1, 0.15) is 44.1 Å². The number of anilines is 1. The zero-order valence-electron chi connectivity index (χ0n) is 14.9. The molecule has 3 aromatic rings. The van der Waals surface area contributed by atoms with E-state index >= 15 is 0 Å². The van der Waals surface area contributed by atoms with E-state index in [1.54, 1.807) is 25.1 Å². The maximum Gasteiger partial charge on any atom is 0.267 e. The first-order valence-electron chi connectivity index (χ1n) is 8.64. The van der Waals surface area contributed by atoms with Crippen molar-refractivity contribution < 1.29 is 9.59 Å². The molecule has 0 spiro atoms. The zero-order valence-corrected chi connectivity index (χ0v) is 15.7. The standard InChI is InChI=1S/C19H18N4O3S/c1-10-3-4-12(17(25)21-13-5-6-13)9-14(10)22-18(26)16-11(2)23-15(24)7-8-20-19(23)27-16/h3-4,7-9,13H,5-6H2,1-2H3,(H,21,25)(H,22,26). The molecule has 1 aromatic carbocycles. The fourth-order valence-electron chi connectivity index (χ4n) is 2.82. The Morgan fingerprint density at radius 2 is 1.96 bits per heavy atom. The van der Waals surface area contributed by atoms with Crippen LogP contribution in [0.5, 0.6) is 0 Å². The summed E-state index contributed by atoms with van der Waals surface area (Å²) in [7, 11) is 0. The van der Waals surface area contributed by atoms with Gasteiger partial charge in [0.15, 0.2) is 4.96 Å². The summed E-state index contributed by atoms with van der Waals surface area (Å²) >= 11 is 1.16. The van der Waals surface area contributed by atoms with Gasteiger partial charge in [-0.05, 0) is 44.4 Å². The van der Waals surface area contributed by atoms with Crippen LogP contribution in [0.4, 0.5) is 5.69 Å². The third-order valence-corrected chi connectivity index (χ3v) is 5.69. The zero-order chi connectivity index (χ0) is 19.1. The Balaban J connectivity index is 1.63. The van der Waals surface area contributed by atoms with Gasteiger partial charge >= 0.3 is 0 Å². The minimum atomic E-state index is -0.328. The molecule has 0 radical (unpaired) electrons. The summed E-state index contributed by atoms with van der Waals surface area (Å²) in [5.41, 5.74) is 2.25. The third-order valence-electron chi connectivity index (χ3n) is 4.54. The molecular formula is C19H18N4O3S. The van der Waals surface area contributed by atoms with E-state index in [-0.39, 0.29) is 23.4 Å². The highest BCUT2D eigenvalue weighted by Gasteiger charge is 2.24. The van der Waals surface area contributed by atoms with Gasteiger partial charge in [0, 0.05) is 35.2 Å². The number of nitrogens with one attached hydrogen (secondary N) is 2. The molecular weight excluding hydrogens is 364 g/mol. The molecule has 1 fully saturated rings. The van der Waals surface area contributed by atoms with Crippen molar-refractivity contribution in [3.8, 4) is 0 Å². The number of nitrogens with zero attached hydrogens (tertiary/aromatic N) is 2. The van der Waals surface area contributed by atoms with Crippen LogP contribution in [0.2, 0.25) is 0 Å². The molecule has 7 nitrogen and oxygen atoms in total. The molecule has 0 atom stereocenters. The van der Waals surface area contributed by atoms with Gasteiger partial charge in [-0.2, -0.15) is 0 Å². The van der Waals surface area contributed by atoms with Gasteiger partial charge in [0.25, 0.3) is 17.4 Å². The van der Waals surface area contributed by atoms with Crippen LogP contribution in [0.15, 0.2) is 35.3 Å². The molecule has 0 aliphatic heterocycles. The first kappa shape index (κ1) is 17.4. The average Bonchev–Trinajstić information content (AvgIpc) is 3.38. The Hall–Kier alpha value is -3.00. The van der Waals surface area contributed by atoms with Crippen LogP contribution in [-0.4, -0.2) is 27.2 Å². The van der Waals surface area contributed by atoms with E-state index in [2.05, 4.69) is 15.6 Å². The second-order valence-corrected chi connectivity index (χ2v) is 7.63. The van der Waals surface area contributed by atoms with Crippen molar-refractivity contribution >= 4 is 33.8 Å². The molecule has 1 aliphatic carbocycles. The fraction of sp³-hybridized carbons (Fsp3) is 0.263. The van der Waals surface area contributed by atoms with Crippen LogP contribution in [0.25, 0.3) is 4.96 Å². The number of amides is 2. The van der Waals surface area contributed by atoms with E-state index in [1.807, 2.05) is 6.92 Å². The van der Waals surface area contributed by atoms with E-state index < -0.39 is 0 Å². The van der Waals surface area contributed by atoms with Crippen molar-refractivity contribution in [2.24, 2.45) is 0 Å². The van der Waals surface area contributed by atoms with Crippen molar-refractivity contribution in [2.75, 3.05) is 5.32 Å². The minimum absolute atomic E-state index is 0.137. The predicted octanol–water partition coefficient (Wildman–Crippen LogP) is 2.52. The van der Waals surface area contributed by atoms with Crippen LogP contribution in [-0.2, 0) is 0 Å². The minimum Gasteiger partial charge on any atom is -0.349 e. The maximum atomic E-state index is 12.8. The number of carbonyl (C=O) groups is 2. The van der Waals surface area contributed by atoms with E-state index in [9.17, 15) is 14.4 Å². The summed E-state index contributed by atoms with van der Waals surface area (Å²) in [5, 5.41) is 5.80. The molecule has 1 aliphatic rings. The molecule has 2 aromatic heterocycles.